The fraction of sp³-hybridized carbons (Fsp3) is 0.0769. The van der Waals surface area contributed by atoms with E-state index < -0.39 is 5.41 Å². The van der Waals surface area contributed by atoms with E-state index in [1.54, 1.807) is 54.6 Å². The molecule has 5 aromatic rings. The molecule has 1 heterocycles. The molecule has 160 valence electrons. The predicted molar refractivity (Wildman–Crippen MR) is 124 cm³/mol. The Labute approximate surface area is 185 Å². The van der Waals surface area contributed by atoms with Crippen LogP contribution in [0.1, 0.15) is 23.6 Å². The topological polar surface area (TPSA) is 102 Å². The monoisotopic (exact) mass is 425 g/mol. The summed E-state index contributed by atoms with van der Waals surface area (Å²) >= 11 is 0. The van der Waals surface area contributed by atoms with Crippen molar-refractivity contribution < 1.29 is 15.3 Å². The van der Waals surface area contributed by atoms with Crippen LogP contribution in [0.2, 0.25) is 0 Å². The number of para-hydroxylation sites is 5. The highest BCUT2D eigenvalue weighted by atomic mass is 16.3. The second-order valence-corrected chi connectivity index (χ2v) is 7.49. The number of phenolic OH excluding ortho intramolecular Hbond substituents is 3. The molecule has 4 N–H and O–H groups in total. The Morgan fingerprint density at radius 3 is 1.19 bits per heavy atom. The molecule has 6 heteroatoms. The number of aromatic nitrogens is 3. The van der Waals surface area contributed by atoms with Crippen molar-refractivity contribution >= 4 is 11.0 Å². The first kappa shape index (κ1) is 20.9. The smallest absolute Gasteiger partial charge is 0.120 e. The zero-order chi connectivity index (χ0) is 22.6. The molecule has 0 bridgehead atoms. The maximum absolute atomic E-state index is 10.4. The van der Waals surface area contributed by atoms with Gasteiger partial charge in [0.25, 0.3) is 0 Å². The van der Waals surface area contributed by atoms with E-state index in [2.05, 4.69) is 15.4 Å². The molecule has 0 amide bonds. The van der Waals surface area contributed by atoms with Crippen LogP contribution in [0.25, 0.3) is 11.0 Å². The molecular formula is C26H23N3O3. The molecule has 5 rings (SSSR count). The second kappa shape index (κ2) is 8.81. The SMILES string of the molecule is CC(c1ccccc1O)(c1ccccc1O)c1ccccc1O.c1ccc2n[nH]nc2c1. The van der Waals surface area contributed by atoms with Gasteiger partial charge in [-0.15, -0.1) is 0 Å². The van der Waals surface area contributed by atoms with E-state index in [9.17, 15) is 15.3 Å². The molecule has 0 atom stereocenters. The van der Waals surface area contributed by atoms with Crippen molar-refractivity contribution in [2.24, 2.45) is 0 Å². The number of hydrogen-bond acceptors (Lipinski definition) is 5. The van der Waals surface area contributed by atoms with Gasteiger partial charge in [0.2, 0.25) is 0 Å². The van der Waals surface area contributed by atoms with Crippen molar-refractivity contribution in [2.75, 3.05) is 0 Å². The Balaban J connectivity index is 0.000000225. The lowest BCUT2D eigenvalue weighted by Crippen LogP contribution is -2.25. The van der Waals surface area contributed by atoms with Gasteiger partial charge in [-0.3, -0.25) is 0 Å². The maximum Gasteiger partial charge on any atom is 0.120 e. The number of aromatic hydroxyl groups is 3. The highest BCUT2D eigenvalue weighted by Gasteiger charge is 2.37. The minimum absolute atomic E-state index is 0.113. The van der Waals surface area contributed by atoms with Crippen LogP contribution in [0.3, 0.4) is 0 Å². The lowest BCUT2D eigenvalue weighted by Gasteiger charge is -2.33. The summed E-state index contributed by atoms with van der Waals surface area (Å²) < 4.78 is 0. The van der Waals surface area contributed by atoms with Crippen LogP contribution >= 0.6 is 0 Å². The van der Waals surface area contributed by atoms with Crippen LogP contribution in [0.5, 0.6) is 17.2 Å². The fourth-order valence-corrected chi connectivity index (χ4v) is 3.91. The molecule has 1 aromatic heterocycles. The summed E-state index contributed by atoms with van der Waals surface area (Å²) in [6.07, 6.45) is 0. The van der Waals surface area contributed by atoms with Crippen LogP contribution in [-0.2, 0) is 5.41 Å². The van der Waals surface area contributed by atoms with Crippen molar-refractivity contribution in [3.63, 3.8) is 0 Å². The van der Waals surface area contributed by atoms with Gasteiger partial charge < -0.3 is 15.3 Å². The number of fused-ring (bicyclic) bond motifs is 1. The average Bonchev–Trinajstić information content (AvgIpc) is 3.29. The predicted octanol–water partition coefficient (Wildman–Crippen LogP) is 5.12. The standard InChI is InChI=1S/C20H18O3.C6H5N3/c1-20(14-8-2-5-11-17(14)21,15-9-3-6-12-18(15)22)16-10-4-7-13-19(16)23;1-2-4-6-5(3-1)7-9-8-6/h2-13,21-23H,1H3;1-4H,(H,7,8,9). The lowest BCUT2D eigenvalue weighted by atomic mass is 9.70. The third kappa shape index (κ3) is 3.86. The first-order valence-electron chi connectivity index (χ1n) is 10.1. The van der Waals surface area contributed by atoms with E-state index in [1.165, 1.54) is 0 Å². The second-order valence-electron chi connectivity index (χ2n) is 7.49. The van der Waals surface area contributed by atoms with Crippen molar-refractivity contribution in [1.29, 1.82) is 0 Å². The normalized spacial score (nSPS) is 11.0. The molecule has 0 saturated heterocycles. The highest BCUT2D eigenvalue weighted by Crippen LogP contribution is 2.47. The number of nitrogens with one attached hydrogen (secondary N) is 1. The number of benzene rings is 4. The molecule has 0 unspecified atom stereocenters. The Kier molecular flexibility index (Phi) is 5.77. The molecule has 0 saturated carbocycles. The van der Waals surface area contributed by atoms with Crippen molar-refractivity contribution in [3.05, 3.63) is 114 Å². The number of nitrogens with zero attached hydrogens (tertiary/aromatic N) is 2. The molecule has 32 heavy (non-hydrogen) atoms. The van der Waals surface area contributed by atoms with E-state index in [1.807, 2.05) is 49.4 Å². The number of H-pyrrole nitrogens is 1. The summed E-state index contributed by atoms with van der Waals surface area (Å²) in [4.78, 5) is 0. The largest absolute Gasteiger partial charge is 0.508 e. The van der Waals surface area contributed by atoms with Crippen LogP contribution in [0.4, 0.5) is 0 Å². The van der Waals surface area contributed by atoms with E-state index in [0.29, 0.717) is 16.7 Å². The Hall–Kier alpha value is -4.32. The van der Waals surface area contributed by atoms with Crippen LogP contribution in [-0.4, -0.2) is 30.7 Å². The third-order valence-corrected chi connectivity index (χ3v) is 5.55. The summed E-state index contributed by atoms with van der Waals surface area (Å²) in [6, 6.07) is 28.6. The van der Waals surface area contributed by atoms with Crippen LogP contribution in [0, 0.1) is 0 Å². The zero-order valence-corrected chi connectivity index (χ0v) is 17.5. The van der Waals surface area contributed by atoms with Crippen LogP contribution in [0.15, 0.2) is 97.1 Å². The van der Waals surface area contributed by atoms with Gasteiger partial charge in [-0.05, 0) is 37.3 Å². The van der Waals surface area contributed by atoms with E-state index in [-0.39, 0.29) is 17.2 Å². The summed E-state index contributed by atoms with van der Waals surface area (Å²) in [6.45, 7) is 1.88. The minimum Gasteiger partial charge on any atom is -0.508 e. The molecule has 4 aromatic carbocycles. The van der Waals surface area contributed by atoms with E-state index >= 15 is 0 Å². The van der Waals surface area contributed by atoms with E-state index in [4.69, 9.17) is 0 Å². The molecule has 0 spiro atoms. The Bertz CT molecular complexity index is 1210. The van der Waals surface area contributed by atoms with Gasteiger partial charge in [0.05, 0.1) is 5.41 Å². The van der Waals surface area contributed by atoms with Gasteiger partial charge in [-0.2, -0.15) is 15.4 Å². The van der Waals surface area contributed by atoms with Crippen LogP contribution < -0.4 is 0 Å². The highest BCUT2D eigenvalue weighted by molar-refractivity contribution is 5.72. The van der Waals surface area contributed by atoms with Gasteiger partial charge in [-0.1, -0.05) is 66.7 Å². The maximum atomic E-state index is 10.4. The molecule has 0 aliphatic carbocycles. The first-order chi connectivity index (χ1) is 15.5. The number of aromatic amines is 1. The quantitative estimate of drug-likeness (QED) is 0.301. The molecule has 0 fully saturated rings. The summed E-state index contributed by atoms with van der Waals surface area (Å²) in [7, 11) is 0. The van der Waals surface area contributed by atoms with Gasteiger partial charge >= 0.3 is 0 Å². The number of hydrogen-bond donors (Lipinski definition) is 4. The number of phenols is 3. The average molecular weight is 425 g/mol. The van der Waals surface area contributed by atoms with Gasteiger partial charge in [0, 0.05) is 16.7 Å². The minimum atomic E-state index is -0.901. The van der Waals surface area contributed by atoms with Crippen molar-refractivity contribution in [1.82, 2.24) is 15.4 Å². The van der Waals surface area contributed by atoms with Crippen molar-refractivity contribution in [2.45, 2.75) is 12.3 Å². The number of rotatable bonds is 3. The lowest BCUT2D eigenvalue weighted by molar-refractivity contribution is 0.429. The molecule has 6 nitrogen and oxygen atoms in total. The van der Waals surface area contributed by atoms with Gasteiger partial charge in [-0.25, -0.2) is 0 Å². The molecular weight excluding hydrogens is 402 g/mol. The molecule has 0 aliphatic heterocycles. The summed E-state index contributed by atoms with van der Waals surface area (Å²) in [5, 5.41) is 41.5. The van der Waals surface area contributed by atoms with Gasteiger partial charge in [0.15, 0.2) is 0 Å². The third-order valence-electron chi connectivity index (χ3n) is 5.55. The molecule has 0 aliphatic rings. The van der Waals surface area contributed by atoms with Gasteiger partial charge in [0.1, 0.15) is 28.3 Å². The first-order valence-corrected chi connectivity index (χ1v) is 10.1. The molecule has 0 radical (unpaired) electrons. The fourth-order valence-electron chi connectivity index (χ4n) is 3.91. The Morgan fingerprint density at radius 1 is 0.531 bits per heavy atom. The summed E-state index contributed by atoms with van der Waals surface area (Å²) in [5.41, 5.74) is 2.77. The zero-order valence-electron chi connectivity index (χ0n) is 17.5. The summed E-state index contributed by atoms with van der Waals surface area (Å²) in [5.74, 6) is 0.338. The Morgan fingerprint density at radius 2 is 0.844 bits per heavy atom. The van der Waals surface area contributed by atoms with E-state index in [0.717, 1.165) is 11.0 Å². The van der Waals surface area contributed by atoms with Crippen molar-refractivity contribution in [3.8, 4) is 17.2 Å².